The molecule has 6 nitrogen and oxygen atoms in total. The fraction of sp³-hybridized carbons (Fsp3) is 0. The number of benzene rings is 3. The maximum absolute atomic E-state index is 13.1. The van der Waals surface area contributed by atoms with Gasteiger partial charge in [-0.25, -0.2) is 0 Å². The average Bonchev–Trinajstić information content (AvgIpc) is 2.75. The maximum atomic E-state index is 13.1. The Labute approximate surface area is 181 Å². The normalized spacial score (nSPS) is 10.7. The first-order valence-electron chi connectivity index (χ1n) is 8.89. The van der Waals surface area contributed by atoms with Crippen molar-refractivity contribution in [2.75, 3.05) is 5.32 Å². The van der Waals surface area contributed by atoms with Crippen molar-refractivity contribution in [2.24, 2.45) is 0 Å². The van der Waals surface area contributed by atoms with Gasteiger partial charge in [-0.05, 0) is 30.3 Å². The Balaban J connectivity index is 1.69. The van der Waals surface area contributed by atoms with Gasteiger partial charge >= 0.3 is 0 Å². The zero-order valence-electron chi connectivity index (χ0n) is 15.4. The van der Waals surface area contributed by atoms with Gasteiger partial charge in [-0.2, -0.15) is 0 Å². The number of nitrogens with one attached hydrogen (secondary N) is 1. The van der Waals surface area contributed by atoms with Gasteiger partial charge in [-0.1, -0.05) is 59.8 Å². The van der Waals surface area contributed by atoms with Crippen LogP contribution in [0.2, 0.25) is 5.02 Å². The van der Waals surface area contributed by atoms with E-state index in [1.165, 1.54) is 12.1 Å². The molecule has 148 valence electrons. The number of nitro benzene ring substituents is 1. The molecule has 0 radical (unpaired) electrons. The van der Waals surface area contributed by atoms with Gasteiger partial charge in [0.15, 0.2) is 0 Å². The number of hydrogen-bond donors (Lipinski definition) is 1. The summed E-state index contributed by atoms with van der Waals surface area (Å²) in [6.45, 7) is 0. The number of carbonyl (C=O) groups excluding carboxylic acids is 1. The Kier molecular flexibility index (Phi) is 5.65. The second kappa shape index (κ2) is 8.52. The lowest BCUT2D eigenvalue weighted by Crippen LogP contribution is -2.13. The summed E-state index contributed by atoms with van der Waals surface area (Å²) in [4.78, 5) is 29.2. The van der Waals surface area contributed by atoms with Crippen LogP contribution in [0.1, 0.15) is 10.4 Å². The number of hydrogen-bond acceptors (Lipinski definition) is 5. The number of rotatable bonds is 5. The van der Waals surface area contributed by atoms with Gasteiger partial charge in [-0.15, -0.1) is 0 Å². The third-order valence-corrected chi connectivity index (χ3v) is 6.00. The first-order valence-corrected chi connectivity index (χ1v) is 10.1. The minimum atomic E-state index is -0.487. The number of nitro groups is 1. The topological polar surface area (TPSA) is 85.1 Å². The molecule has 8 heteroatoms. The molecule has 0 bridgehead atoms. The Hall–Kier alpha value is -3.42. The van der Waals surface area contributed by atoms with Gasteiger partial charge in [-0.3, -0.25) is 19.9 Å². The molecule has 3 aromatic carbocycles. The predicted molar refractivity (Wildman–Crippen MR) is 118 cm³/mol. The van der Waals surface area contributed by atoms with Crippen molar-refractivity contribution in [3.8, 4) is 0 Å². The number of carbonyl (C=O) groups is 1. The molecule has 0 atom stereocenters. The number of anilines is 1. The molecule has 0 spiro atoms. The largest absolute Gasteiger partial charge is 0.320 e. The van der Waals surface area contributed by atoms with Gasteiger partial charge in [0.2, 0.25) is 0 Å². The minimum Gasteiger partial charge on any atom is -0.320 e. The summed E-state index contributed by atoms with van der Waals surface area (Å²) in [5.41, 5.74) is 1.53. The predicted octanol–water partition coefficient (Wildman–Crippen LogP) is 6.20. The standard InChI is InChI=1S/C22H14ClN3O3S/c23-16-9-4-11-18(26(28)29)21(16)30-19-12-2-1-8-15(19)22(27)25-17-10-3-6-14-7-5-13-24-20(14)17/h1-13H,(H,25,27). The van der Waals surface area contributed by atoms with Gasteiger partial charge < -0.3 is 5.32 Å². The van der Waals surface area contributed by atoms with E-state index in [2.05, 4.69) is 10.3 Å². The smallest absolute Gasteiger partial charge is 0.284 e. The van der Waals surface area contributed by atoms with Crippen molar-refractivity contribution < 1.29 is 9.72 Å². The summed E-state index contributed by atoms with van der Waals surface area (Å²) in [5.74, 6) is -0.342. The van der Waals surface area contributed by atoms with Gasteiger partial charge in [0, 0.05) is 22.5 Å². The molecule has 0 unspecified atom stereocenters. The van der Waals surface area contributed by atoms with E-state index in [1.807, 2.05) is 24.3 Å². The van der Waals surface area contributed by atoms with Crippen molar-refractivity contribution in [1.82, 2.24) is 4.98 Å². The zero-order valence-corrected chi connectivity index (χ0v) is 17.0. The Morgan fingerprint density at radius 2 is 1.77 bits per heavy atom. The molecule has 0 saturated heterocycles. The molecule has 30 heavy (non-hydrogen) atoms. The summed E-state index contributed by atoms with van der Waals surface area (Å²) in [6.07, 6.45) is 1.67. The summed E-state index contributed by atoms with van der Waals surface area (Å²) in [5, 5.41) is 15.5. The molecular weight excluding hydrogens is 422 g/mol. The van der Waals surface area contributed by atoms with Gasteiger partial charge in [0.25, 0.3) is 11.6 Å². The summed E-state index contributed by atoms with van der Waals surface area (Å²) in [6, 6.07) is 20.7. The van der Waals surface area contributed by atoms with Crippen molar-refractivity contribution in [2.45, 2.75) is 9.79 Å². The number of aromatic nitrogens is 1. The van der Waals surface area contributed by atoms with Crippen molar-refractivity contribution >= 4 is 51.5 Å². The second-order valence-electron chi connectivity index (χ2n) is 6.28. The number of para-hydroxylation sites is 1. The maximum Gasteiger partial charge on any atom is 0.284 e. The monoisotopic (exact) mass is 435 g/mol. The van der Waals surface area contributed by atoms with Crippen molar-refractivity contribution in [3.05, 3.63) is 99.7 Å². The highest BCUT2D eigenvalue weighted by Crippen LogP contribution is 2.41. The molecule has 0 aliphatic carbocycles. The summed E-state index contributed by atoms with van der Waals surface area (Å²) >= 11 is 7.30. The minimum absolute atomic E-state index is 0.110. The van der Waals surface area contributed by atoms with Gasteiger partial charge in [0.1, 0.15) is 4.90 Å². The highest BCUT2D eigenvalue weighted by molar-refractivity contribution is 7.99. The van der Waals surface area contributed by atoms with Crippen LogP contribution in [0.3, 0.4) is 0 Å². The van der Waals surface area contributed by atoms with E-state index in [0.29, 0.717) is 21.7 Å². The molecule has 4 rings (SSSR count). The Bertz CT molecular complexity index is 1270. The molecule has 0 fully saturated rings. The molecule has 0 saturated carbocycles. The zero-order chi connectivity index (χ0) is 21.1. The molecule has 1 heterocycles. The van der Waals surface area contributed by atoms with Crippen LogP contribution in [0, 0.1) is 10.1 Å². The number of halogens is 1. The number of amides is 1. The first kappa shape index (κ1) is 19.9. The van der Waals surface area contributed by atoms with Crippen LogP contribution in [-0.2, 0) is 0 Å². The highest BCUT2D eigenvalue weighted by Gasteiger charge is 2.21. The quantitative estimate of drug-likeness (QED) is 0.298. The number of pyridine rings is 1. The lowest BCUT2D eigenvalue weighted by molar-refractivity contribution is -0.387. The van der Waals surface area contributed by atoms with Crippen LogP contribution in [0.15, 0.2) is 88.8 Å². The number of fused-ring (bicyclic) bond motifs is 1. The first-order chi connectivity index (χ1) is 14.5. The SMILES string of the molecule is O=C(Nc1cccc2cccnc12)c1ccccc1Sc1c(Cl)cccc1[N+](=O)[O-]. The van der Waals surface area contributed by atoms with E-state index < -0.39 is 4.92 Å². The fourth-order valence-electron chi connectivity index (χ4n) is 2.99. The van der Waals surface area contributed by atoms with Crippen LogP contribution >= 0.6 is 23.4 Å². The summed E-state index contributed by atoms with van der Waals surface area (Å²) < 4.78 is 0. The van der Waals surface area contributed by atoms with Crippen LogP contribution in [0.25, 0.3) is 10.9 Å². The summed E-state index contributed by atoms with van der Waals surface area (Å²) in [7, 11) is 0. The molecule has 1 amide bonds. The van der Waals surface area contributed by atoms with Crippen LogP contribution in [-0.4, -0.2) is 15.8 Å². The molecular formula is C22H14ClN3O3S. The van der Waals surface area contributed by atoms with Crippen LogP contribution in [0.5, 0.6) is 0 Å². The second-order valence-corrected chi connectivity index (χ2v) is 7.74. The third kappa shape index (κ3) is 3.98. The van der Waals surface area contributed by atoms with E-state index in [-0.39, 0.29) is 21.5 Å². The molecule has 0 aliphatic heterocycles. The Morgan fingerprint density at radius 1 is 1.00 bits per heavy atom. The van der Waals surface area contributed by atoms with Gasteiger partial charge in [0.05, 0.1) is 26.7 Å². The average molecular weight is 436 g/mol. The van der Waals surface area contributed by atoms with E-state index in [0.717, 1.165) is 17.1 Å². The third-order valence-electron chi connectivity index (χ3n) is 4.37. The molecule has 1 aromatic heterocycles. The molecule has 1 N–H and O–H groups in total. The highest BCUT2D eigenvalue weighted by atomic mass is 35.5. The number of nitrogens with zero attached hydrogens (tertiary/aromatic N) is 2. The lowest BCUT2D eigenvalue weighted by atomic mass is 10.1. The Morgan fingerprint density at radius 3 is 2.60 bits per heavy atom. The van der Waals surface area contributed by atoms with Crippen LogP contribution < -0.4 is 5.32 Å². The van der Waals surface area contributed by atoms with E-state index in [4.69, 9.17) is 11.6 Å². The van der Waals surface area contributed by atoms with Crippen molar-refractivity contribution in [1.29, 1.82) is 0 Å². The van der Waals surface area contributed by atoms with E-state index in [1.54, 1.807) is 42.6 Å². The molecule has 0 aliphatic rings. The molecule has 4 aromatic rings. The van der Waals surface area contributed by atoms with E-state index in [9.17, 15) is 14.9 Å². The van der Waals surface area contributed by atoms with Crippen molar-refractivity contribution in [3.63, 3.8) is 0 Å². The van der Waals surface area contributed by atoms with Crippen LogP contribution in [0.4, 0.5) is 11.4 Å². The fourth-order valence-corrected chi connectivity index (χ4v) is 4.33. The van der Waals surface area contributed by atoms with E-state index >= 15 is 0 Å². The lowest BCUT2D eigenvalue weighted by Gasteiger charge is -2.12.